The van der Waals surface area contributed by atoms with Crippen molar-refractivity contribution in [3.8, 4) is 0 Å². The maximum absolute atomic E-state index is 12.1. The second-order valence-corrected chi connectivity index (χ2v) is 5.73. The molecule has 2 N–H and O–H groups in total. The average Bonchev–Trinajstić information content (AvgIpc) is 2.57. The number of anilines is 2. The van der Waals surface area contributed by atoms with Crippen molar-refractivity contribution in [1.82, 2.24) is 9.97 Å². The topological polar surface area (TPSA) is 66.9 Å². The highest BCUT2D eigenvalue weighted by molar-refractivity contribution is 6.00. The summed E-state index contributed by atoms with van der Waals surface area (Å²) in [6, 6.07) is 13.0. The highest BCUT2D eigenvalue weighted by Crippen LogP contribution is 2.18. The quantitative estimate of drug-likeness (QED) is 0.749. The molecule has 2 amide bonds. The van der Waals surface area contributed by atoms with Gasteiger partial charge in [0.2, 0.25) is 0 Å². The second kappa shape index (κ2) is 6.66. The number of carbonyl (C=O) groups excluding carboxylic acids is 1. The number of fused-ring (bicyclic) bond motifs is 1. The second-order valence-electron chi connectivity index (χ2n) is 5.73. The van der Waals surface area contributed by atoms with Crippen LogP contribution >= 0.6 is 0 Å². The van der Waals surface area contributed by atoms with Gasteiger partial charge in [0.25, 0.3) is 0 Å². The van der Waals surface area contributed by atoms with Gasteiger partial charge in [0.1, 0.15) is 0 Å². The minimum Gasteiger partial charge on any atom is -0.308 e. The van der Waals surface area contributed by atoms with E-state index in [1.165, 1.54) is 5.56 Å². The number of amides is 2. The predicted octanol–water partition coefficient (Wildman–Crippen LogP) is 4.45. The van der Waals surface area contributed by atoms with Crippen LogP contribution in [-0.4, -0.2) is 16.0 Å². The van der Waals surface area contributed by atoms with Crippen molar-refractivity contribution in [3.63, 3.8) is 0 Å². The first-order valence-corrected chi connectivity index (χ1v) is 7.97. The molecular formula is C19H20N4O. The van der Waals surface area contributed by atoms with Gasteiger partial charge in [-0.3, -0.25) is 0 Å². The van der Waals surface area contributed by atoms with E-state index < -0.39 is 0 Å². The molecule has 0 unspecified atom stereocenters. The number of nitrogens with zero attached hydrogens (tertiary/aromatic N) is 2. The molecule has 0 spiro atoms. The molecule has 122 valence electrons. The third-order valence-electron chi connectivity index (χ3n) is 3.95. The first-order valence-electron chi connectivity index (χ1n) is 7.97. The van der Waals surface area contributed by atoms with Gasteiger partial charge in [0.15, 0.2) is 0 Å². The number of aromatic nitrogens is 2. The molecule has 0 saturated heterocycles. The summed E-state index contributed by atoms with van der Waals surface area (Å²) in [5, 5.41) is 5.65. The number of rotatable bonds is 3. The first-order chi connectivity index (χ1) is 11.5. The molecule has 0 saturated carbocycles. The van der Waals surface area contributed by atoms with Crippen molar-refractivity contribution in [2.45, 2.75) is 27.2 Å². The number of nitrogens with one attached hydrogen (secondary N) is 2. The van der Waals surface area contributed by atoms with Gasteiger partial charge >= 0.3 is 6.03 Å². The minimum atomic E-state index is -0.282. The summed E-state index contributed by atoms with van der Waals surface area (Å²) < 4.78 is 0. The Balaban J connectivity index is 1.73. The van der Waals surface area contributed by atoms with Crippen molar-refractivity contribution in [3.05, 3.63) is 59.4 Å². The maximum Gasteiger partial charge on any atom is 0.323 e. The Bertz CT molecular complexity index is 888. The minimum absolute atomic E-state index is 0.282. The molecule has 2 aromatic carbocycles. The van der Waals surface area contributed by atoms with Gasteiger partial charge in [-0.25, -0.2) is 14.8 Å². The van der Waals surface area contributed by atoms with Crippen LogP contribution in [0.15, 0.2) is 42.5 Å². The molecule has 5 heteroatoms. The molecule has 5 nitrogen and oxygen atoms in total. The van der Waals surface area contributed by atoms with Crippen molar-refractivity contribution in [2.24, 2.45) is 0 Å². The molecule has 0 aliphatic rings. The summed E-state index contributed by atoms with van der Waals surface area (Å²) in [5.74, 6) is 0. The summed E-state index contributed by atoms with van der Waals surface area (Å²) >= 11 is 0. The smallest absolute Gasteiger partial charge is 0.308 e. The van der Waals surface area contributed by atoms with E-state index in [9.17, 15) is 4.79 Å². The Morgan fingerprint density at radius 1 is 0.875 bits per heavy atom. The average molecular weight is 320 g/mol. The lowest BCUT2D eigenvalue weighted by atomic mass is 10.1. The Morgan fingerprint density at radius 3 is 2.12 bits per heavy atom. The monoisotopic (exact) mass is 320 g/mol. The lowest BCUT2D eigenvalue weighted by Gasteiger charge is -2.09. The van der Waals surface area contributed by atoms with Crippen LogP contribution in [0.4, 0.5) is 16.2 Å². The fraction of sp³-hybridized carbons (Fsp3) is 0.211. The lowest BCUT2D eigenvalue weighted by Crippen LogP contribution is -2.19. The maximum atomic E-state index is 12.1. The van der Waals surface area contributed by atoms with Gasteiger partial charge in [-0.2, -0.15) is 0 Å². The summed E-state index contributed by atoms with van der Waals surface area (Å²) in [4.78, 5) is 21.1. The summed E-state index contributed by atoms with van der Waals surface area (Å²) in [6.07, 6.45) is 0.976. The van der Waals surface area contributed by atoms with E-state index >= 15 is 0 Å². The van der Waals surface area contributed by atoms with Crippen molar-refractivity contribution in [1.29, 1.82) is 0 Å². The fourth-order valence-corrected chi connectivity index (χ4v) is 2.43. The number of carbonyl (C=O) groups is 1. The summed E-state index contributed by atoms with van der Waals surface area (Å²) in [5.41, 5.74) is 6.07. The molecule has 1 aromatic heterocycles. The molecule has 0 atom stereocenters. The SMILES string of the molecule is CCc1ccc(NC(=O)Nc2ccc3nc(C)c(C)nc3c2)cc1. The standard InChI is InChI=1S/C19H20N4O/c1-4-14-5-7-15(8-6-14)22-19(24)23-16-9-10-17-18(11-16)21-13(3)12(2)20-17/h5-11H,4H2,1-3H3,(H2,22,23,24). The van der Waals surface area contributed by atoms with Crippen LogP contribution in [0.1, 0.15) is 23.9 Å². The van der Waals surface area contributed by atoms with Gasteiger partial charge in [-0.1, -0.05) is 19.1 Å². The Kier molecular flexibility index (Phi) is 4.42. The first kappa shape index (κ1) is 15.9. The van der Waals surface area contributed by atoms with Crippen LogP contribution in [0.5, 0.6) is 0 Å². The van der Waals surface area contributed by atoms with Gasteiger partial charge in [0.05, 0.1) is 22.4 Å². The van der Waals surface area contributed by atoms with E-state index in [0.717, 1.165) is 34.5 Å². The van der Waals surface area contributed by atoms with E-state index in [1.54, 1.807) is 0 Å². The van der Waals surface area contributed by atoms with E-state index in [2.05, 4.69) is 27.5 Å². The third kappa shape index (κ3) is 3.51. The zero-order valence-corrected chi connectivity index (χ0v) is 14.1. The Morgan fingerprint density at radius 2 is 1.46 bits per heavy atom. The number of hydrogen-bond donors (Lipinski definition) is 2. The van der Waals surface area contributed by atoms with Crippen molar-refractivity contribution in [2.75, 3.05) is 10.6 Å². The van der Waals surface area contributed by atoms with Crippen LogP contribution < -0.4 is 10.6 Å². The zero-order valence-electron chi connectivity index (χ0n) is 14.1. The molecule has 0 bridgehead atoms. The van der Waals surface area contributed by atoms with Gasteiger partial charge in [-0.05, 0) is 56.2 Å². The Labute approximate surface area is 141 Å². The molecule has 1 heterocycles. The zero-order chi connectivity index (χ0) is 17.1. The molecule has 3 rings (SSSR count). The highest BCUT2D eigenvalue weighted by Gasteiger charge is 2.06. The van der Waals surface area contributed by atoms with Crippen LogP contribution in [0.25, 0.3) is 11.0 Å². The fourth-order valence-electron chi connectivity index (χ4n) is 2.43. The summed E-state index contributed by atoms with van der Waals surface area (Å²) in [6.45, 7) is 5.96. The number of hydrogen-bond acceptors (Lipinski definition) is 3. The number of benzene rings is 2. The van der Waals surface area contributed by atoms with E-state index in [4.69, 9.17) is 0 Å². The van der Waals surface area contributed by atoms with Crippen molar-refractivity contribution < 1.29 is 4.79 Å². The molecular weight excluding hydrogens is 300 g/mol. The number of aryl methyl sites for hydroxylation is 3. The van der Waals surface area contributed by atoms with E-state index in [-0.39, 0.29) is 6.03 Å². The molecule has 0 aliphatic heterocycles. The predicted molar refractivity (Wildman–Crippen MR) is 97.5 cm³/mol. The van der Waals surface area contributed by atoms with Gasteiger partial charge in [-0.15, -0.1) is 0 Å². The molecule has 24 heavy (non-hydrogen) atoms. The number of urea groups is 1. The van der Waals surface area contributed by atoms with E-state index in [1.807, 2.05) is 56.3 Å². The van der Waals surface area contributed by atoms with Crippen LogP contribution in [0.3, 0.4) is 0 Å². The highest BCUT2D eigenvalue weighted by atomic mass is 16.2. The van der Waals surface area contributed by atoms with E-state index in [0.29, 0.717) is 5.69 Å². The lowest BCUT2D eigenvalue weighted by molar-refractivity contribution is 0.262. The van der Waals surface area contributed by atoms with Gasteiger partial charge in [0, 0.05) is 11.4 Å². The Hall–Kier alpha value is -2.95. The largest absolute Gasteiger partial charge is 0.323 e. The third-order valence-corrected chi connectivity index (χ3v) is 3.95. The van der Waals surface area contributed by atoms with Crippen LogP contribution in [0, 0.1) is 13.8 Å². The molecule has 3 aromatic rings. The summed E-state index contributed by atoms with van der Waals surface area (Å²) in [7, 11) is 0. The molecule has 0 radical (unpaired) electrons. The van der Waals surface area contributed by atoms with Crippen LogP contribution in [-0.2, 0) is 6.42 Å². The molecule has 0 aliphatic carbocycles. The van der Waals surface area contributed by atoms with Gasteiger partial charge < -0.3 is 10.6 Å². The molecule has 0 fully saturated rings. The van der Waals surface area contributed by atoms with Crippen LogP contribution in [0.2, 0.25) is 0 Å². The van der Waals surface area contributed by atoms with Crippen molar-refractivity contribution >= 4 is 28.4 Å². The normalized spacial score (nSPS) is 10.6.